The molecule has 0 saturated heterocycles. The van der Waals surface area contributed by atoms with Crippen LogP contribution >= 0.6 is 0 Å². The van der Waals surface area contributed by atoms with Crippen molar-refractivity contribution in [3.8, 4) is 0 Å². The van der Waals surface area contributed by atoms with E-state index in [0.717, 1.165) is 6.29 Å². The molecule has 1 saturated carbocycles. The first-order valence-electron chi connectivity index (χ1n) is 5.25. The van der Waals surface area contributed by atoms with E-state index < -0.39 is 0 Å². The van der Waals surface area contributed by atoms with Gasteiger partial charge in [0.2, 0.25) is 0 Å². The van der Waals surface area contributed by atoms with Crippen molar-refractivity contribution < 1.29 is 9.53 Å². The standard InChI is InChI=1S/C11H14N2O2/c1-2-15-10(8-3-4-8)11-12-6-5-9(7-14)13-11/h5-8,10H,2-4H2,1H3. The lowest BCUT2D eigenvalue weighted by Crippen LogP contribution is -2.11. The number of carbonyl (C=O) groups is 1. The first kappa shape index (κ1) is 10.2. The van der Waals surface area contributed by atoms with Crippen molar-refractivity contribution in [2.75, 3.05) is 6.61 Å². The highest BCUT2D eigenvalue weighted by molar-refractivity contribution is 5.71. The monoisotopic (exact) mass is 206 g/mol. The highest BCUT2D eigenvalue weighted by Gasteiger charge is 2.34. The van der Waals surface area contributed by atoms with Crippen molar-refractivity contribution in [3.05, 3.63) is 23.8 Å². The highest BCUT2D eigenvalue weighted by Crippen LogP contribution is 2.42. The quantitative estimate of drug-likeness (QED) is 0.689. The second-order valence-corrected chi connectivity index (χ2v) is 3.67. The van der Waals surface area contributed by atoms with E-state index in [1.165, 1.54) is 12.8 Å². The predicted octanol–water partition coefficient (Wildman–Crippen LogP) is 1.78. The van der Waals surface area contributed by atoms with Gasteiger partial charge in [-0.3, -0.25) is 4.79 Å². The SMILES string of the molecule is CCOC(c1nccc(C=O)n1)C1CC1. The molecule has 1 unspecified atom stereocenters. The van der Waals surface area contributed by atoms with Gasteiger partial charge in [-0.15, -0.1) is 0 Å². The van der Waals surface area contributed by atoms with E-state index in [1.807, 2.05) is 6.92 Å². The minimum absolute atomic E-state index is 0.0325. The Morgan fingerprint density at radius 2 is 2.47 bits per heavy atom. The van der Waals surface area contributed by atoms with Gasteiger partial charge in [-0.25, -0.2) is 9.97 Å². The fraction of sp³-hybridized carbons (Fsp3) is 0.545. The molecule has 4 nitrogen and oxygen atoms in total. The third-order valence-electron chi connectivity index (χ3n) is 2.47. The summed E-state index contributed by atoms with van der Waals surface area (Å²) in [5.41, 5.74) is 0.422. The minimum atomic E-state index is -0.0325. The Kier molecular flexibility index (Phi) is 3.06. The maximum Gasteiger partial charge on any atom is 0.168 e. The topological polar surface area (TPSA) is 52.1 Å². The van der Waals surface area contributed by atoms with E-state index >= 15 is 0 Å². The van der Waals surface area contributed by atoms with Gasteiger partial charge in [-0.2, -0.15) is 0 Å². The molecule has 0 radical (unpaired) electrons. The second kappa shape index (κ2) is 4.49. The third kappa shape index (κ3) is 2.39. The van der Waals surface area contributed by atoms with E-state index in [-0.39, 0.29) is 6.10 Å². The molecule has 4 heteroatoms. The summed E-state index contributed by atoms with van der Waals surface area (Å²) in [6.45, 7) is 2.61. The van der Waals surface area contributed by atoms with Crippen LogP contribution in [-0.4, -0.2) is 22.9 Å². The third-order valence-corrected chi connectivity index (χ3v) is 2.47. The van der Waals surface area contributed by atoms with Crippen molar-refractivity contribution in [2.45, 2.75) is 25.9 Å². The van der Waals surface area contributed by atoms with Gasteiger partial charge < -0.3 is 4.74 Å². The van der Waals surface area contributed by atoms with Crippen LogP contribution < -0.4 is 0 Å². The second-order valence-electron chi connectivity index (χ2n) is 3.67. The summed E-state index contributed by atoms with van der Waals surface area (Å²) in [4.78, 5) is 18.9. The minimum Gasteiger partial charge on any atom is -0.370 e. The molecule has 0 bridgehead atoms. The van der Waals surface area contributed by atoms with Crippen molar-refractivity contribution >= 4 is 6.29 Å². The summed E-state index contributed by atoms with van der Waals surface area (Å²) >= 11 is 0. The van der Waals surface area contributed by atoms with Crippen LogP contribution in [0.3, 0.4) is 0 Å². The molecule has 1 aromatic rings. The van der Waals surface area contributed by atoms with Crippen LogP contribution in [0.5, 0.6) is 0 Å². The molecule has 1 fully saturated rings. The van der Waals surface area contributed by atoms with Gasteiger partial charge in [-0.1, -0.05) is 0 Å². The summed E-state index contributed by atoms with van der Waals surface area (Å²) in [6.07, 6.45) is 4.65. The van der Waals surface area contributed by atoms with Gasteiger partial charge in [0.25, 0.3) is 0 Å². The zero-order chi connectivity index (χ0) is 10.7. The molecule has 0 aromatic carbocycles. The van der Waals surface area contributed by atoms with Gasteiger partial charge in [0, 0.05) is 12.8 Å². The maximum absolute atomic E-state index is 10.6. The van der Waals surface area contributed by atoms with Gasteiger partial charge in [0.05, 0.1) is 0 Å². The molecule has 0 N–H and O–H groups in total. The fourth-order valence-corrected chi connectivity index (χ4v) is 1.59. The van der Waals surface area contributed by atoms with E-state index in [0.29, 0.717) is 24.0 Å². The van der Waals surface area contributed by atoms with Crippen LogP contribution in [0.15, 0.2) is 12.3 Å². The largest absolute Gasteiger partial charge is 0.370 e. The Hall–Kier alpha value is -1.29. The molecule has 1 aliphatic rings. The van der Waals surface area contributed by atoms with E-state index in [4.69, 9.17) is 4.74 Å². The molecule has 1 atom stereocenters. The summed E-state index contributed by atoms with van der Waals surface area (Å²) in [6, 6.07) is 1.60. The fourth-order valence-electron chi connectivity index (χ4n) is 1.59. The average molecular weight is 206 g/mol. The molecule has 1 aliphatic carbocycles. The van der Waals surface area contributed by atoms with Crippen LogP contribution in [0.4, 0.5) is 0 Å². The van der Waals surface area contributed by atoms with Gasteiger partial charge in [0.1, 0.15) is 11.8 Å². The predicted molar refractivity (Wildman–Crippen MR) is 54.5 cm³/mol. The lowest BCUT2D eigenvalue weighted by Gasteiger charge is -2.14. The first-order chi connectivity index (χ1) is 7.35. The molecule has 1 heterocycles. The van der Waals surface area contributed by atoms with Gasteiger partial charge >= 0.3 is 0 Å². The molecular formula is C11H14N2O2. The van der Waals surface area contributed by atoms with Crippen molar-refractivity contribution in [1.82, 2.24) is 9.97 Å². The number of nitrogens with zero attached hydrogens (tertiary/aromatic N) is 2. The highest BCUT2D eigenvalue weighted by atomic mass is 16.5. The number of ether oxygens (including phenoxy) is 1. The normalized spacial score (nSPS) is 17.4. The summed E-state index contributed by atoms with van der Waals surface area (Å²) in [7, 11) is 0. The van der Waals surface area contributed by atoms with Gasteiger partial charge in [-0.05, 0) is 31.7 Å². The van der Waals surface area contributed by atoms with Crippen LogP contribution in [0, 0.1) is 5.92 Å². The Labute approximate surface area is 88.7 Å². The number of aromatic nitrogens is 2. The molecule has 0 spiro atoms. The van der Waals surface area contributed by atoms with Crippen molar-refractivity contribution in [3.63, 3.8) is 0 Å². The average Bonchev–Trinajstić information content (AvgIpc) is 3.10. The summed E-state index contributed by atoms with van der Waals surface area (Å²) < 4.78 is 5.61. The van der Waals surface area contributed by atoms with Crippen molar-refractivity contribution in [2.24, 2.45) is 5.92 Å². The number of aldehydes is 1. The maximum atomic E-state index is 10.6. The Balaban J connectivity index is 2.20. The van der Waals surface area contributed by atoms with Crippen LogP contribution in [0.25, 0.3) is 0 Å². The molecule has 2 rings (SSSR count). The van der Waals surface area contributed by atoms with Crippen LogP contribution in [0.1, 0.15) is 42.2 Å². The summed E-state index contributed by atoms with van der Waals surface area (Å²) in [5, 5.41) is 0. The molecular weight excluding hydrogens is 192 g/mol. The molecule has 80 valence electrons. The zero-order valence-electron chi connectivity index (χ0n) is 8.72. The molecule has 0 aliphatic heterocycles. The number of hydrogen-bond acceptors (Lipinski definition) is 4. The number of rotatable bonds is 5. The lowest BCUT2D eigenvalue weighted by molar-refractivity contribution is 0.0399. The number of hydrogen-bond donors (Lipinski definition) is 0. The van der Waals surface area contributed by atoms with Crippen molar-refractivity contribution in [1.29, 1.82) is 0 Å². The Morgan fingerprint density at radius 1 is 1.67 bits per heavy atom. The molecule has 0 amide bonds. The lowest BCUT2D eigenvalue weighted by atomic mass is 10.2. The van der Waals surface area contributed by atoms with Crippen LogP contribution in [-0.2, 0) is 4.74 Å². The molecule has 15 heavy (non-hydrogen) atoms. The Bertz CT molecular complexity index is 350. The summed E-state index contributed by atoms with van der Waals surface area (Å²) in [5.74, 6) is 1.18. The van der Waals surface area contributed by atoms with Gasteiger partial charge in [0.15, 0.2) is 12.1 Å². The first-order valence-corrected chi connectivity index (χ1v) is 5.25. The molecule has 1 aromatic heterocycles. The number of carbonyl (C=O) groups excluding carboxylic acids is 1. The smallest absolute Gasteiger partial charge is 0.168 e. The Morgan fingerprint density at radius 3 is 3.07 bits per heavy atom. The van der Waals surface area contributed by atoms with E-state index in [2.05, 4.69) is 9.97 Å². The van der Waals surface area contributed by atoms with Crippen LogP contribution in [0.2, 0.25) is 0 Å². The zero-order valence-corrected chi connectivity index (χ0v) is 8.72. The van der Waals surface area contributed by atoms with E-state index in [9.17, 15) is 4.79 Å². The van der Waals surface area contributed by atoms with E-state index in [1.54, 1.807) is 12.3 Å².